The van der Waals surface area contributed by atoms with Crippen LogP contribution >= 0.6 is 11.6 Å². The third kappa shape index (κ3) is 2.44. The Morgan fingerprint density at radius 1 is 1.21 bits per heavy atom. The molecule has 8 atom stereocenters. The van der Waals surface area contributed by atoms with Crippen LogP contribution in [0.4, 0.5) is 4.39 Å². The highest BCUT2D eigenvalue weighted by Crippen LogP contribution is 2.70. The van der Waals surface area contributed by atoms with Crippen molar-refractivity contribution in [2.24, 2.45) is 34.5 Å². The molecule has 0 saturated heterocycles. The monoisotopic (exact) mass is 424 g/mol. The average Bonchev–Trinajstić information content (AvgIpc) is 2.89. The molecule has 158 valence electrons. The normalized spacial score (nSPS) is 49.0. The maximum absolute atomic E-state index is 15.3. The lowest BCUT2D eigenvalue weighted by atomic mass is 9.45. The summed E-state index contributed by atoms with van der Waals surface area (Å²) in [4.78, 5) is 48.1. The summed E-state index contributed by atoms with van der Waals surface area (Å²) in [6.45, 7) is 5.42. The molecule has 0 aromatic heterocycles. The van der Waals surface area contributed by atoms with E-state index in [0.29, 0.717) is 18.4 Å². The van der Waals surface area contributed by atoms with Gasteiger partial charge >= 0.3 is 5.97 Å². The Kier molecular flexibility index (Phi) is 4.44. The Hall–Kier alpha value is -1.56. The zero-order chi connectivity index (χ0) is 21.5. The molecule has 7 heteroatoms. The molecule has 0 heterocycles. The number of alkyl halides is 2. The minimum atomic E-state index is -1.49. The van der Waals surface area contributed by atoms with Gasteiger partial charge in [-0.3, -0.25) is 14.4 Å². The third-order valence-electron chi connectivity index (χ3n) is 8.62. The van der Waals surface area contributed by atoms with E-state index in [0.717, 1.165) is 0 Å². The molecule has 4 aliphatic carbocycles. The van der Waals surface area contributed by atoms with Crippen LogP contribution in [-0.4, -0.2) is 39.5 Å². The molecule has 0 aromatic rings. The zero-order valence-corrected chi connectivity index (χ0v) is 17.6. The number of hydrogen-bond donors (Lipinski definition) is 1. The van der Waals surface area contributed by atoms with Gasteiger partial charge < -0.3 is 5.11 Å². The molecule has 0 aliphatic heterocycles. The molecule has 1 N–H and O–H groups in total. The van der Waals surface area contributed by atoms with E-state index in [4.69, 9.17) is 11.6 Å². The topological polar surface area (TPSA) is 88.5 Å². The van der Waals surface area contributed by atoms with Crippen molar-refractivity contribution in [3.8, 4) is 0 Å². The molecular formula is C22H26ClFO5. The first-order chi connectivity index (χ1) is 13.4. The van der Waals surface area contributed by atoms with E-state index >= 15 is 4.39 Å². The van der Waals surface area contributed by atoms with Crippen molar-refractivity contribution in [2.45, 2.75) is 63.9 Å². The molecule has 5 nitrogen and oxygen atoms in total. The van der Waals surface area contributed by atoms with E-state index in [1.807, 2.05) is 6.92 Å². The number of carbonyl (C=O) groups excluding carboxylic acids is 3. The Labute approximate surface area is 174 Å². The average molecular weight is 425 g/mol. The molecule has 0 bridgehead atoms. The molecule has 0 aromatic carbocycles. The molecule has 3 saturated carbocycles. The first kappa shape index (κ1) is 20.7. The van der Waals surface area contributed by atoms with E-state index in [-0.39, 0.29) is 42.7 Å². The van der Waals surface area contributed by atoms with Crippen molar-refractivity contribution in [1.82, 2.24) is 0 Å². The lowest BCUT2D eigenvalue weighted by Crippen LogP contribution is -2.67. The molecule has 2 unspecified atom stereocenters. The largest absolute Gasteiger partial charge is 0.475 e. The SMILES string of the molecule is CC1C[C@H]2[C@@H]3CC(F)C4=CC(=O)CC[C@]4(C)[C@@]3(Cl)C(=O)C[C@]2(C)[C@H]1C(=O)C(=O)O. The van der Waals surface area contributed by atoms with E-state index in [1.54, 1.807) is 13.8 Å². The Balaban J connectivity index is 1.84. The maximum Gasteiger partial charge on any atom is 0.372 e. The fourth-order valence-electron chi connectivity index (χ4n) is 7.34. The van der Waals surface area contributed by atoms with E-state index in [9.17, 15) is 24.3 Å². The summed E-state index contributed by atoms with van der Waals surface area (Å²) < 4.78 is 15.3. The Morgan fingerprint density at radius 2 is 1.86 bits per heavy atom. The van der Waals surface area contributed by atoms with Crippen LogP contribution in [0.1, 0.15) is 52.9 Å². The van der Waals surface area contributed by atoms with Gasteiger partial charge in [0.05, 0.1) is 0 Å². The van der Waals surface area contributed by atoms with Crippen LogP contribution in [0.5, 0.6) is 0 Å². The van der Waals surface area contributed by atoms with Crippen LogP contribution in [0.2, 0.25) is 0 Å². The maximum atomic E-state index is 15.3. The zero-order valence-electron chi connectivity index (χ0n) is 16.8. The minimum Gasteiger partial charge on any atom is -0.475 e. The van der Waals surface area contributed by atoms with Gasteiger partial charge in [0.25, 0.3) is 0 Å². The van der Waals surface area contributed by atoms with Crippen LogP contribution in [0, 0.1) is 34.5 Å². The highest BCUT2D eigenvalue weighted by atomic mass is 35.5. The van der Waals surface area contributed by atoms with Crippen molar-refractivity contribution in [3.63, 3.8) is 0 Å². The van der Waals surface area contributed by atoms with Gasteiger partial charge in [0, 0.05) is 24.2 Å². The first-order valence-corrected chi connectivity index (χ1v) is 10.6. The number of carboxylic acids is 1. The second-order valence-corrected chi connectivity index (χ2v) is 10.6. The molecule has 0 spiro atoms. The molecule has 0 radical (unpaired) electrons. The summed E-state index contributed by atoms with van der Waals surface area (Å²) in [6, 6.07) is 0. The van der Waals surface area contributed by atoms with Crippen molar-refractivity contribution in [3.05, 3.63) is 11.6 Å². The van der Waals surface area contributed by atoms with Gasteiger partial charge in [-0.25, -0.2) is 9.18 Å². The van der Waals surface area contributed by atoms with Gasteiger partial charge in [0.2, 0.25) is 5.78 Å². The number of ketones is 3. The number of halogens is 2. The van der Waals surface area contributed by atoms with Crippen molar-refractivity contribution >= 4 is 34.9 Å². The van der Waals surface area contributed by atoms with E-state index in [2.05, 4.69) is 0 Å². The lowest BCUT2D eigenvalue weighted by Gasteiger charge is -2.61. The molecule has 3 fully saturated rings. The summed E-state index contributed by atoms with van der Waals surface area (Å²) in [5, 5.41) is 9.32. The molecule has 4 rings (SSSR count). The lowest BCUT2D eigenvalue weighted by molar-refractivity contribution is -0.157. The fourth-order valence-corrected chi connectivity index (χ4v) is 7.86. The predicted molar refractivity (Wildman–Crippen MR) is 103 cm³/mol. The van der Waals surface area contributed by atoms with Crippen LogP contribution in [0.3, 0.4) is 0 Å². The summed E-state index contributed by atoms with van der Waals surface area (Å²) in [6.07, 6.45) is 1.06. The van der Waals surface area contributed by atoms with E-state index < -0.39 is 45.5 Å². The molecular weight excluding hydrogens is 399 g/mol. The standard InChI is InChI=1S/C22H26ClFO5/c1-10-6-12-13-8-15(24)14-7-11(25)4-5-21(14,3)22(13,23)16(26)9-20(12,2)17(10)18(27)19(28)29/h7,10,12-13,15,17H,4-6,8-9H2,1-3H3,(H,28,29)/t10?,12-,13-,15?,17+,20-,21-,22-/m0/s1. The summed E-state index contributed by atoms with van der Waals surface area (Å²) in [5.74, 6) is -4.51. The highest BCUT2D eigenvalue weighted by Gasteiger charge is 2.72. The van der Waals surface area contributed by atoms with E-state index in [1.165, 1.54) is 6.08 Å². The van der Waals surface area contributed by atoms with Gasteiger partial charge in [0.15, 0.2) is 11.6 Å². The van der Waals surface area contributed by atoms with Gasteiger partial charge in [-0.1, -0.05) is 20.8 Å². The second-order valence-electron chi connectivity index (χ2n) is 9.99. The first-order valence-electron chi connectivity index (χ1n) is 10.3. The number of aliphatic carboxylic acids is 1. The number of hydrogen-bond acceptors (Lipinski definition) is 4. The van der Waals surface area contributed by atoms with Gasteiger partial charge in [-0.15, -0.1) is 11.6 Å². The number of allylic oxidation sites excluding steroid dienone is 1. The summed E-state index contributed by atoms with van der Waals surface area (Å²) >= 11 is 7.15. The quantitative estimate of drug-likeness (QED) is 0.541. The smallest absolute Gasteiger partial charge is 0.372 e. The van der Waals surface area contributed by atoms with Crippen LogP contribution in [-0.2, 0) is 19.2 Å². The molecule has 0 amide bonds. The van der Waals surface area contributed by atoms with Crippen molar-refractivity contribution in [2.75, 3.05) is 0 Å². The number of carbonyl (C=O) groups is 4. The highest BCUT2D eigenvalue weighted by molar-refractivity contribution is 6.37. The number of Topliss-reactive ketones (excluding diaryl/α,β-unsaturated/α-hetero) is 2. The van der Waals surface area contributed by atoms with Crippen molar-refractivity contribution < 1.29 is 28.7 Å². The van der Waals surface area contributed by atoms with Crippen molar-refractivity contribution in [1.29, 1.82) is 0 Å². The minimum absolute atomic E-state index is 0.000534. The van der Waals surface area contributed by atoms with Gasteiger partial charge in [0.1, 0.15) is 11.0 Å². The van der Waals surface area contributed by atoms with Crippen LogP contribution in [0.25, 0.3) is 0 Å². The molecule has 29 heavy (non-hydrogen) atoms. The predicted octanol–water partition coefficient (Wildman–Crippen LogP) is 3.52. The third-order valence-corrected chi connectivity index (χ3v) is 9.52. The summed E-state index contributed by atoms with van der Waals surface area (Å²) in [7, 11) is 0. The number of fused-ring (bicyclic) bond motifs is 5. The van der Waals surface area contributed by atoms with Crippen LogP contribution in [0.15, 0.2) is 11.6 Å². The molecule has 4 aliphatic rings. The van der Waals surface area contributed by atoms with Gasteiger partial charge in [-0.05, 0) is 54.1 Å². The Morgan fingerprint density at radius 3 is 2.48 bits per heavy atom. The van der Waals surface area contributed by atoms with Gasteiger partial charge in [-0.2, -0.15) is 0 Å². The van der Waals surface area contributed by atoms with Crippen LogP contribution < -0.4 is 0 Å². The Bertz CT molecular complexity index is 867. The number of rotatable bonds is 2. The number of carboxylic acid groups (broad SMARTS) is 1. The summed E-state index contributed by atoms with van der Waals surface area (Å²) in [5.41, 5.74) is -1.49. The second kappa shape index (κ2) is 6.22. The fraction of sp³-hybridized carbons (Fsp3) is 0.727.